The van der Waals surface area contributed by atoms with E-state index >= 15 is 0 Å². The number of ether oxygens (including phenoxy) is 1. The molecule has 5 heteroatoms. The van der Waals surface area contributed by atoms with E-state index in [1.54, 1.807) is 4.90 Å². The van der Waals surface area contributed by atoms with Crippen LogP contribution in [-0.2, 0) is 22.6 Å². The molecule has 2 aromatic rings. The maximum atomic E-state index is 12.2. The molecule has 1 atom stereocenters. The van der Waals surface area contributed by atoms with Crippen LogP contribution in [-0.4, -0.2) is 23.7 Å². The van der Waals surface area contributed by atoms with Crippen LogP contribution < -0.4 is 10.2 Å². The second-order valence-corrected chi connectivity index (χ2v) is 6.19. The smallest absolute Gasteiger partial charge is 0.255 e. The maximum Gasteiger partial charge on any atom is 0.255 e. The third-order valence-electron chi connectivity index (χ3n) is 3.95. The second kappa shape index (κ2) is 7.55. The van der Waals surface area contributed by atoms with Gasteiger partial charge in [-0.2, -0.15) is 0 Å². The summed E-state index contributed by atoms with van der Waals surface area (Å²) in [5.74, 6) is -0.0258. The highest BCUT2D eigenvalue weighted by Gasteiger charge is 2.33. The lowest BCUT2D eigenvalue weighted by molar-refractivity contribution is -0.117. The molecule has 1 aliphatic heterocycles. The first-order valence-electron chi connectivity index (χ1n) is 8.00. The third-order valence-corrected chi connectivity index (χ3v) is 4.25. The molecule has 124 valence electrons. The Labute approximate surface area is 147 Å². The van der Waals surface area contributed by atoms with Gasteiger partial charge in [0.2, 0.25) is 0 Å². The minimum Gasteiger partial charge on any atom is -0.376 e. The molecule has 0 aliphatic carbocycles. The maximum absolute atomic E-state index is 12.2. The molecule has 1 amide bonds. The van der Waals surface area contributed by atoms with E-state index in [9.17, 15) is 4.79 Å². The Hall–Kier alpha value is -2.24. The van der Waals surface area contributed by atoms with Gasteiger partial charge in [0.05, 0.1) is 18.9 Å². The molecule has 1 aliphatic rings. The predicted molar refractivity (Wildman–Crippen MR) is 98.9 cm³/mol. The van der Waals surface area contributed by atoms with Gasteiger partial charge in [0.1, 0.15) is 6.04 Å². The van der Waals surface area contributed by atoms with Crippen LogP contribution in [0.2, 0.25) is 0 Å². The van der Waals surface area contributed by atoms with E-state index in [4.69, 9.17) is 17.0 Å². The van der Waals surface area contributed by atoms with Gasteiger partial charge in [-0.25, -0.2) is 0 Å². The van der Waals surface area contributed by atoms with Crippen molar-refractivity contribution in [3.8, 4) is 0 Å². The van der Waals surface area contributed by atoms with Gasteiger partial charge >= 0.3 is 0 Å². The van der Waals surface area contributed by atoms with Crippen LogP contribution >= 0.6 is 12.2 Å². The van der Waals surface area contributed by atoms with Crippen LogP contribution in [0.1, 0.15) is 18.1 Å². The Morgan fingerprint density at radius 1 is 1.12 bits per heavy atom. The Kier molecular flexibility index (Phi) is 5.23. The van der Waals surface area contributed by atoms with Crippen molar-refractivity contribution in [1.29, 1.82) is 0 Å². The van der Waals surface area contributed by atoms with E-state index in [0.29, 0.717) is 18.3 Å². The van der Waals surface area contributed by atoms with E-state index < -0.39 is 0 Å². The number of hydrogen-bond acceptors (Lipinski definition) is 3. The van der Waals surface area contributed by atoms with Crippen molar-refractivity contribution in [3.63, 3.8) is 0 Å². The fourth-order valence-corrected chi connectivity index (χ4v) is 3.03. The lowest BCUT2D eigenvalue weighted by atomic mass is 10.1. The lowest BCUT2D eigenvalue weighted by Gasteiger charge is -2.16. The molecular formula is C19H20N2O2S. The summed E-state index contributed by atoms with van der Waals surface area (Å²) in [5, 5.41) is 3.43. The highest BCUT2D eigenvalue weighted by atomic mass is 32.1. The van der Waals surface area contributed by atoms with Crippen LogP contribution in [0.3, 0.4) is 0 Å². The molecule has 1 N–H and O–H groups in total. The summed E-state index contributed by atoms with van der Waals surface area (Å²) in [6, 6.07) is 17.7. The number of hydrogen-bond donors (Lipinski definition) is 1. The summed E-state index contributed by atoms with van der Waals surface area (Å²) in [6.45, 7) is 2.98. The zero-order chi connectivity index (χ0) is 16.9. The summed E-state index contributed by atoms with van der Waals surface area (Å²) >= 11 is 5.24. The average Bonchev–Trinajstić information content (AvgIpc) is 2.85. The molecule has 1 fully saturated rings. The predicted octanol–water partition coefficient (Wildman–Crippen LogP) is 3.06. The van der Waals surface area contributed by atoms with Crippen molar-refractivity contribution in [2.45, 2.75) is 26.0 Å². The summed E-state index contributed by atoms with van der Waals surface area (Å²) in [6.07, 6.45) is 0.886. The van der Waals surface area contributed by atoms with Gasteiger partial charge in [0.15, 0.2) is 5.11 Å². The molecule has 0 bridgehead atoms. The molecule has 1 heterocycles. The Morgan fingerprint density at radius 3 is 2.58 bits per heavy atom. The van der Waals surface area contributed by atoms with Crippen molar-refractivity contribution in [3.05, 3.63) is 65.7 Å². The van der Waals surface area contributed by atoms with Gasteiger partial charge in [-0.1, -0.05) is 42.5 Å². The van der Waals surface area contributed by atoms with Crippen molar-refractivity contribution >= 4 is 28.9 Å². The second-order valence-electron chi connectivity index (χ2n) is 5.80. The highest BCUT2D eigenvalue weighted by Crippen LogP contribution is 2.21. The number of thiocarbonyl (C=S) groups is 1. The lowest BCUT2D eigenvalue weighted by Crippen LogP contribution is -2.30. The number of anilines is 1. The average molecular weight is 340 g/mol. The first-order valence-corrected chi connectivity index (χ1v) is 8.41. The normalized spacial score (nSPS) is 17.2. The fourth-order valence-electron chi connectivity index (χ4n) is 2.66. The first-order chi connectivity index (χ1) is 11.6. The molecule has 3 rings (SSSR count). The van der Waals surface area contributed by atoms with Gasteiger partial charge < -0.3 is 10.1 Å². The van der Waals surface area contributed by atoms with Gasteiger partial charge in [-0.05, 0) is 48.8 Å². The molecular weight excluding hydrogens is 320 g/mol. The van der Waals surface area contributed by atoms with Crippen molar-refractivity contribution in [1.82, 2.24) is 5.32 Å². The van der Waals surface area contributed by atoms with Gasteiger partial charge in [0, 0.05) is 0 Å². The van der Waals surface area contributed by atoms with Crippen LogP contribution in [0.5, 0.6) is 0 Å². The zero-order valence-corrected chi connectivity index (χ0v) is 14.4. The first kappa shape index (κ1) is 16.6. The van der Waals surface area contributed by atoms with Crippen LogP contribution in [0.15, 0.2) is 54.6 Å². The molecule has 0 unspecified atom stereocenters. The standard InChI is InChI=1S/C19H20N2O2S/c1-14-18(22)21(19(24)20-14)17-9-5-8-16(12-17)13-23-11-10-15-6-3-2-4-7-15/h2-9,12,14H,10-11,13H2,1H3,(H,20,24)/t14-/m1/s1. The fraction of sp³-hybridized carbons (Fsp3) is 0.263. The number of nitrogens with one attached hydrogen (secondary N) is 1. The number of rotatable bonds is 6. The zero-order valence-electron chi connectivity index (χ0n) is 13.6. The molecule has 1 saturated heterocycles. The Bertz CT molecular complexity index is 733. The summed E-state index contributed by atoms with van der Waals surface area (Å²) < 4.78 is 5.76. The topological polar surface area (TPSA) is 41.6 Å². The quantitative estimate of drug-likeness (QED) is 0.648. The number of nitrogens with zero attached hydrogens (tertiary/aromatic N) is 1. The minimum absolute atomic E-state index is 0.0258. The van der Waals surface area contributed by atoms with E-state index in [1.165, 1.54) is 5.56 Å². The van der Waals surface area contributed by atoms with Crippen LogP contribution in [0, 0.1) is 0 Å². The Morgan fingerprint density at radius 2 is 1.88 bits per heavy atom. The molecule has 4 nitrogen and oxygen atoms in total. The summed E-state index contributed by atoms with van der Waals surface area (Å²) in [5.41, 5.74) is 3.07. The molecule has 24 heavy (non-hydrogen) atoms. The van der Waals surface area contributed by atoms with Crippen LogP contribution in [0.4, 0.5) is 5.69 Å². The van der Waals surface area contributed by atoms with Crippen molar-refractivity contribution < 1.29 is 9.53 Å². The monoisotopic (exact) mass is 340 g/mol. The Balaban J connectivity index is 1.58. The number of carbonyl (C=O) groups excluding carboxylic acids is 1. The summed E-state index contributed by atoms with van der Waals surface area (Å²) in [7, 11) is 0. The number of amides is 1. The molecule has 0 aromatic heterocycles. The molecule has 0 spiro atoms. The van der Waals surface area contributed by atoms with Gasteiger partial charge in [-0.15, -0.1) is 0 Å². The number of benzene rings is 2. The van der Waals surface area contributed by atoms with E-state index in [2.05, 4.69) is 17.4 Å². The van der Waals surface area contributed by atoms with E-state index in [1.807, 2.05) is 49.4 Å². The van der Waals surface area contributed by atoms with Crippen LogP contribution in [0.25, 0.3) is 0 Å². The molecule has 0 radical (unpaired) electrons. The van der Waals surface area contributed by atoms with Gasteiger partial charge in [0.25, 0.3) is 5.91 Å². The largest absolute Gasteiger partial charge is 0.376 e. The molecule has 2 aromatic carbocycles. The van der Waals surface area contributed by atoms with Gasteiger partial charge in [-0.3, -0.25) is 9.69 Å². The third kappa shape index (κ3) is 3.80. The van der Waals surface area contributed by atoms with E-state index in [0.717, 1.165) is 17.7 Å². The van der Waals surface area contributed by atoms with Crippen molar-refractivity contribution in [2.24, 2.45) is 0 Å². The molecule has 0 saturated carbocycles. The SMILES string of the molecule is C[C@H]1NC(=S)N(c2cccc(COCCc3ccccc3)c2)C1=O. The highest BCUT2D eigenvalue weighted by molar-refractivity contribution is 7.80. The van der Waals surface area contributed by atoms with E-state index in [-0.39, 0.29) is 11.9 Å². The number of carbonyl (C=O) groups is 1. The van der Waals surface area contributed by atoms with Crippen molar-refractivity contribution in [2.75, 3.05) is 11.5 Å². The summed E-state index contributed by atoms with van der Waals surface area (Å²) in [4.78, 5) is 13.7. The minimum atomic E-state index is -0.275.